The lowest BCUT2D eigenvalue weighted by molar-refractivity contribution is 0.0897. The number of aromatic nitrogens is 3. The maximum Gasteiger partial charge on any atom is 0.239 e. The molecule has 0 saturated heterocycles. The first-order valence-corrected chi connectivity index (χ1v) is 14.4. The molecule has 0 spiro atoms. The summed E-state index contributed by atoms with van der Waals surface area (Å²) < 4.78 is 13.8. The molecule has 0 fully saturated rings. The van der Waals surface area contributed by atoms with E-state index in [2.05, 4.69) is 49.9 Å². The van der Waals surface area contributed by atoms with Gasteiger partial charge < -0.3 is 19.8 Å². The average Bonchev–Trinajstić information content (AvgIpc) is 2.99. The zero-order valence-electron chi connectivity index (χ0n) is 18.0. The highest BCUT2D eigenvalue weighted by Crippen LogP contribution is 2.38. The quantitative estimate of drug-likeness (QED) is 0.231. The number of anilines is 1. The molecule has 2 heterocycles. The van der Waals surface area contributed by atoms with E-state index >= 15 is 0 Å². The Labute approximate surface area is 188 Å². The van der Waals surface area contributed by atoms with Crippen LogP contribution in [0.1, 0.15) is 25.3 Å². The van der Waals surface area contributed by atoms with E-state index in [9.17, 15) is 0 Å². The van der Waals surface area contributed by atoms with Crippen molar-refractivity contribution < 1.29 is 9.47 Å². The van der Waals surface area contributed by atoms with Crippen LogP contribution in [-0.4, -0.2) is 29.4 Å². The Morgan fingerprint density at radius 2 is 1.77 bits per heavy atom. The molecule has 0 aliphatic carbocycles. The first-order chi connectivity index (χ1) is 14.0. The zero-order chi connectivity index (χ0) is 22.1. The smallest absolute Gasteiger partial charge is 0.239 e. The van der Waals surface area contributed by atoms with Gasteiger partial charge in [-0.2, -0.15) is 0 Å². The van der Waals surface area contributed by atoms with Gasteiger partial charge in [-0.05, 0) is 29.7 Å². The third-order valence-corrected chi connectivity index (χ3v) is 6.97. The minimum absolute atomic E-state index is 0.302. The van der Waals surface area contributed by atoms with Gasteiger partial charge in [-0.1, -0.05) is 56.7 Å². The first kappa shape index (κ1) is 22.9. The summed E-state index contributed by atoms with van der Waals surface area (Å²) in [6, 6.07) is 6.15. The minimum Gasteiger partial charge on any atom is -0.434 e. The molecule has 0 unspecified atom stereocenters. The SMILES string of the molecule is CC(C)c1cn(COCC[Si](C)(C)C)c2nnc(Oc3c(Cl)cc(N)cc3Cl)cc12. The van der Waals surface area contributed by atoms with Gasteiger partial charge in [0.15, 0.2) is 11.4 Å². The van der Waals surface area contributed by atoms with E-state index in [0.29, 0.717) is 40.0 Å². The van der Waals surface area contributed by atoms with Crippen LogP contribution in [0.4, 0.5) is 5.69 Å². The molecular weight excluding hydrogens is 439 g/mol. The molecule has 0 bridgehead atoms. The largest absolute Gasteiger partial charge is 0.434 e. The lowest BCUT2D eigenvalue weighted by Crippen LogP contribution is -2.22. The van der Waals surface area contributed by atoms with Gasteiger partial charge in [-0.15, -0.1) is 10.2 Å². The van der Waals surface area contributed by atoms with Crippen molar-refractivity contribution in [2.75, 3.05) is 12.3 Å². The van der Waals surface area contributed by atoms with E-state index in [0.717, 1.165) is 29.2 Å². The predicted octanol–water partition coefficient (Wildman–Crippen LogP) is 6.55. The maximum absolute atomic E-state index is 6.24. The minimum atomic E-state index is -1.13. The van der Waals surface area contributed by atoms with Crippen LogP contribution in [0.2, 0.25) is 35.7 Å². The van der Waals surface area contributed by atoms with Gasteiger partial charge in [0.1, 0.15) is 6.73 Å². The molecule has 1 aromatic carbocycles. The van der Waals surface area contributed by atoms with E-state index in [-0.39, 0.29) is 0 Å². The van der Waals surface area contributed by atoms with E-state index in [1.807, 2.05) is 10.6 Å². The van der Waals surface area contributed by atoms with Crippen LogP contribution in [0.5, 0.6) is 11.6 Å². The summed E-state index contributed by atoms with van der Waals surface area (Å²) in [5.41, 5.74) is 8.13. The highest BCUT2D eigenvalue weighted by atomic mass is 35.5. The molecule has 0 saturated carbocycles. The number of benzene rings is 1. The van der Waals surface area contributed by atoms with Crippen LogP contribution in [-0.2, 0) is 11.5 Å². The number of hydrogen-bond acceptors (Lipinski definition) is 5. The standard InChI is InChI=1S/C21H28Cl2N4O2Si/c1-13(2)16-11-27(12-28-6-7-30(3,4)5)21-15(16)10-19(25-26-21)29-20-17(22)8-14(24)9-18(20)23/h8-11,13H,6-7,12,24H2,1-5H3. The van der Waals surface area contributed by atoms with E-state index in [1.54, 1.807) is 12.1 Å². The summed E-state index contributed by atoms with van der Waals surface area (Å²) in [6.45, 7) is 12.5. The third kappa shape index (κ3) is 5.46. The summed E-state index contributed by atoms with van der Waals surface area (Å²) in [4.78, 5) is 0. The van der Waals surface area contributed by atoms with Crippen molar-refractivity contribution >= 4 is 48.0 Å². The molecule has 0 radical (unpaired) electrons. The predicted molar refractivity (Wildman–Crippen MR) is 127 cm³/mol. The Morgan fingerprint density at radius 3 is 2.37 bits per heavy atom. The van der Waals surface area contributed by atoms with E-state index in [1.165, 1.54) is 0 Å². The number of hydrogen-bond donors (Lipinski definition) is 1. The van der Waals surface area contributed by atoms with Crippen LogP contribution in [0.3, 0.4) is 0 Å². The lowest BCUT2D eigenvalue weighted by Gasteiger charge is -2.15. The van der Waals surface area contributed by atoms with E-state index < -0.39 is 8.07 Å². The molecule has 9 heteroatoms. The second kappa shape index (κ2) is 9.14. The summed E-state index contributed by atoms with van der Waals surface area (Å²) in [7, 11) is -1.13. The molecule has 0 atom stereocenters. The summed E-state index contributed by atoms with van der Waals surface area (Å²) >= 11 is 12.5. The van der Waals surface area contributed by atoms with E-state index in [4.69, 9.17) is 38.4 Å². The molecule has 30 heavy (non-hydrogen) atoms. The van der Waals surface area contributed by atoms with Gasteiger partial charge in [0, 0.05) is 38.0 Å². The Bertz CT molecular complexity index is 1020. The van der Waals surface area contributed by atoms with Gasteiger partial charge in [-0.25, -0.2) is 0 Å². The summed E-state index contributed by atoms with van der Waals surface area (Å²) in [6.07, 6.45) is 2.07. The summed E-state index contributed by atoms with van der Waals surface area (Å²) in [5.74, 6) is 0.924. The molecule has 0 amide bonds. The number of nitrogens with zero attached hydrogens (tertiary/aromatic N) is 3. The normalized spacial score (nSPS) is 12.1. The number of ether oxygens (including phenoxy) is 2. The number of rotatable bonds is 8. The van der Waals surface area contributed by atoms with Crippen molar-refractivity contribution in [2.45, 2.75) is 52.2 Å². The Morgan fingerprint density at radius 1 is 1.10 bits per heavy atom. The fraction of sp³-hybridized carbons (Fsp3) is 0.429. The average molecular weight is 467 g/mol. The number of halogens is 2. The van der Waals surface area contributed by atoms with Gasteiger partial charge >= 0.3 is 0 Å². The fourth-order valence-corrected chi connectivity index (χ4v) is 4.36. The van der Waals surface area contributed by atoms with Gasteiger partial charge in [0.25, 0.3) is 0 Å². The van der Waals surface area contributed by atoms with Crippen molar-refractivity contribution in [3.05, 3.63) is 40.0 Å². The molecule has 6 nitrogen and oxygen atoms in total. The second-order valence-corrected chi connectivity index (χ2v) is 15.3. The maximum atomic E-state index is 6.24. The monoisotopic (exact) mass is 466 g/mol. The molecule has 3 rings (SSSR count). The lowest BCUT2D eigenvalue weighted by atomic mass is 10.0. The molecule has 3 aromatic rings. The Kier molecular flexibility index (Phi) is 6.97. The molecule has 162 valence electrons. The highest BCUT2D eigenvalue weighted by Gasteiger charge is 2.17. The van der Waals surface area contributed by atoms with Crippen molar-refractivity contribution in [3.63, 3.8) is 0 Å². The van der Waals surface area contributed by atoms with Crippen molar-refractivity contribution in [1.29, 1.82) is 0 Å². The van der Waals surface area contributed by atoms with Crippen LogP contribution >= 0.6 is 23.2 Å². The van der Waals surface area contributed by atoms with Crippen LogP contribution in [0.15, 0.2) is 24.4 Å². The molecule has 2 aromatic heterocycles. The first-order valence-electron chi connectivity index (χ1n) is 9.92. The van der Waals surface area contributed by atoms with Crippen molar-refractivity contribution in [1.82, 2.24) is 14.8 Å². The van der Waals surface area contributed by atoms with Crippen LogP contribution in [0.25, 0.3) is 11.0 Å². The zero-order valence-corrected chi connectivity index (χ0v) is 20.5. The fourth-order valence-electron chi connectivity index (χ4n) is 3.02. The second-order valence-electron chi connectivity index (χ2n) is 8.89. The molecular formula is C21H28Cl2N4O2Si. The van der Waals surface area contributed by atoms with Gasteiger partial charge in [0.2, 0.25) is 5.88 Å². The van der Waals surface area contributed by atoms with Gasteiger partial charge in [0.05, 0.1) is 10.0 Å². The van der Waals surface area contributed by atoms with Crippen molar-refractivity contribution in [2.24, 2.45) is 0 Å². The number of nitrogen functional groups attached to an aromatic ring is 1. The molecule has 0 aliphatic heterocycles. The highest BCUT2D eigenvalue weighted by molar-refractivity contribution is 6.76. The number of fused-ring (bicyclic) bond motifs is 1. The Hall–Kier alpha value is -1.80. The molecule has 2 N–H and O–H groups in total. The van der Waals surface area contributed by atoms with Crippen LogP contribution in [0, 0.1) is 0 Å². The van der Waals surface area contributed by atoms with Gasteiger partial charge in [-0.3, -0.25) is 0 Å². The van der Waals surface area contributed by atoms with Crippen LogP contribution < -0.4 is 10.5 Å². The topological polar surface area (TPSA) is 75.2 Å². The number of nitrogens with two attached hydrogens (primary N) is 1. The molecule has 0 aliphatic rings. The Balaban J connectivity index is 1.87. The van der Waals surface area contributed by atoms with Crippen molar-refractivity contribution in [3.8, 4) is 11.6 Å². The third-order valence-electron chi connectivity index (χ3n) is 4.71. The summed E-state index contributed by atoms with van der Waals surface area (Å²) in [5, 5.41) is 10.2.